The van der Waals surface area contributed by atoms with E-state index in [0.717, 1.165) is 28.6 Å². The number of nitrogen functional groups attached to an aromatic ring is 1. The van der Waals surface area contributed by atoms with Gasteiger partial charge in [-0.05, 0) is 6.42 Å². The molecule has 0 bridgehead atoms. The molecule has 0 atom stereocenters. The van der Waals surface area contributed by atoms with E-state index in [2.05, 4.69) is 27.4 Å². The topological polar surface area (TPSA) is 81.6 Å². The summed E-state index contributed by atoms with van der Waals surface area (Å²) < 4.78 is 1.76. The number of hydrogen-bond acceptors (Lipinski definition) is 6. The highest BCUT2D eigenvalue weighted by Gasteiger charge is 2.06. The Bertz CT molecular complexity index is 524. The molecule has 7 heteroatoms. The number of aromatic nitrogens is 4. The number of nitrogens with zero attached hydrogens (tertiary/aromatic N) is 4. The van der Waals surface area contributed by atoms with Crippen molar-refractivity contribution in [1.82, 2.24) is 19.7 Å². The predicted molar refractivity (Wildman–Crippen MR) is 71.2 cm³/mol. The quantitative estimate of drug-likeness (QED) is 0.485. The molecule has 18 heavy (non-hydrogen) atoms. The summed E-state index contributed by atoms with van der Waals surface area (Å²) in [5, 5.41) is 5.00. The normalized spacial score (nSPS) is 10.6. The van der Waals surface area contributed by atoms with Crippen LogP contribution in [0.3, 0.4) is 0 Å². The number of hydrogen-bond donors (Lipinski definition) is 2. The molecule has 0 aromatic carbocycles. The minimum absolute atomic E-state index is 0.639. The molecule has 0 aliphatic heterocycles. The van der Waals surface area contributed by atoms with Crippen molar-refractivity contribution in [3.05, 3.63) is 24.3 Å². The summed E-state index contributed by atoms with van der Waals surface area (Å²) in [6, 6.07) is 1.83. The van der Waals surface area contributed by atoms with Crippen molar-refractivity contribution in [2.75, 3.05) is 5.43 Å². The van der Waals surface area contributed by atoms with E-state index in [4.69, 9.17) is 5.84 Å². The lowest BCUT2D eigenvalue weighted by Gasteiger charge is -2.05. The van der Waals surface area contributed by atoms with Crippen LogP contribution in [0.25, 0.3) is 0 Å². The first kappa shape index (κ1) is 12.8. The molecule has 0 saturated carbocycles. The minimum atomic E-state index is 0.639. The summed E-state index contributed by atoms with van der Waals surface area (Å²) >= 11 is 1.55. The summed E-state index contributed by atoms with van der Waals surface area (Å²) in [5.74, 6) is 6.86. The highest BCUT2D eigenvalue weighted by molar-refractivity contribution is 7.99. The molecular weight excluding hydrogens is 248 g/mol. The number of aryl methyl sites for hydroxylation is 2. The SMILES string of the molecule is CCCc1nc(NN)cc(Sc2cnn(C)c2)n1. The fourth-order valence-electron chi connectivity index (χ4n) is 1.51. The number of nitrogens with one attached hydrogen (secondary N) is 1. The van der Waals surface area contributed by atoms with Gasteiger partial charge in [-0.1, -0.05) is 18.7 Å². The Morgan fingerprint density at radius 2 is 2.28 bits per heavy atom. The van der Waals surface area contributed by atoms with Gasteiger partial charge in [0.1, 0.15) is 16.7 Å². The summed E-state index contributed by atoms with van der Waals surface area (Å²) in [4.78, 5) is 9.85. The van der Waals surface area contributed by atoms with Crippen LogP contribution in [0.1, 0.15) is 19.2 Å². The monoisotopic (exact) mass is 264 g/mol. The molecule has 0 saturated heterocycles. The molecule has 2 rings (SSSR count). The van der Waals surface area contributed by atoms with Crippen molar-refractivity contribution in [2.24, 2.45) is 12.9 Å². The van der Waals surface area contributed by atoms with Crippen LogP contribution in [0.2, 0.25) is 0 Å². The third kappa shape index (κ3) is 3.21. The molecule has 96 valence electrons. The molecule has 0 spiro atoms. The van der Waals surface area contributed by atoms with Gasteiger partial charge in [0.05, 0.1) is 11.1 Å². The van der Waals surface area contributed by atoms with Gasteiger partial charge in [-0.3, -0.25) is 4.68 Å². The van der Waals surface area contributed by atoms with Gasteiger partial charge >= 0.3 is 0 Å². The second-order valence-corrected chi connectivity index (χ2v) is 4.95. The van der Waals surface area contributed by atoms with E-state index in [1.165, 1.54) is 0 Å². The molecule has 2 aromatic rings. The zero-order chi connectivity index (χ0) is 13.0. The van der Waals surface area contributed by atoms with Crippen LogP contribution in [-0.2, 0) is 13.5 Å². The Morgan fingerprint density at radius 3 is 2.89 bits per heavy atom. The van der Waals surface area contributed by atoms with Crippen molar-refractivity contribution >= 4 is 17.6 Å². The average Bonchev–Trinajstić information content (AvgIpc) is 2.75. The zero-order valence-electron chi connectivity index (χ0n) is 10.4. The number of rotatable bonds is 5. The van der Waals surface area contributed by atoms with E-state index in [-0.39, 0.29) is 0 Å². The van der Waals surface area contributed by atoms with Crippen molar-refractivity contribution in [1.29, 1.82) is 0 Å². The van der Waals surface area contributed by atoms with Crippen LogP contribution < -0.4 is 11.3 Å². The van der Waals surface area contributed by atoms with Gasteiger partial charge in [0.15, 0.2) is 0 Å². The maximum atomic E-state index is 5.42. The molecule has 0 fully saturated rings. The smallest absolute Gasteiger partial charge is 0.144 e. The number of anilines is 1. The van der Waals surface area contributed by atoms with Gasteiger partial charge in [-0.15, -0.1) is 0 Å². The summed E-state index contributed by atoms with van der Waals surface area (Å²) in [5.41, 5.74) is 2.57. The van der Waals surface area contributed by atoms with Gasteiger partial charge < -0.3 is 5.43 Å². The molecule has 2 aromatic heterocycles. The largest absolute Gasteiger partial charge is 0.308 e. The molecule has 2 heterocycles. The van der Waals surface area contributed by atoms with Crippen LogP contribution >= 0.6 is 11.8 Å². The van der Waals surface area contributed by atoms with E-state index in [0.29, 0.717) is 5.82 Å². The lowest BCUT2D eigenvalue weighted by atomic mass is 10.3. The lowest BCUT2D eigenvalue weighted by Crippen LogP contribution is -2.10. The highest BCUT2D eigenvalue weighted by atomic mass is 32.2. The fraction of sp³-hybridized carbons (Fsp3) is 0.364. The van der Waals surface area contributed by atoms with Crippen molar-refractivity contribution in [2.45, 2.75) is 29.7 Å². The standard InChI is InChI=1S/C11H16N6S/c1-3-4-9-14-10(16-12)5-11(15-9)18-8-6-13-17(2)7-8/h5-7H,3-4,12H2,1-2H3,(H,14,15,16). The molecular formula is C11H16N6S. The number of nitrogens with two attached hydrogens (primary N) is 1. The van der Waals surface area contributed by atoms with Crippen LogP contribution in [0, 0.1) is 0 Å². The van der Waals surface area contributed by atoms with E-state index < -0.39 is 0 Å². The number of hydrazine groups is 1. The average molecular weight is 264 g/mol. The molecule has 3 N–H and O–H groups in total. The third-order valence-corrected chi connectivity index (χ3v) is 3.14. The molecule has 0 unspecified atom stereocenters. The van der Waals surface area contributed by atoms with Crippen molar-refractivity contribution < 1.29 is 0 Å². The summed E-state index contributed by atoms with van der Waals surface area (Å²) in [6.45, 7) is 2.10. The molecule has 0 aliphatic rings. The first-order valence-corrected chi connectivity index (χ1v) is 6.54. The van der Waals surface area contributed by atoms with Crippen LogP contribution in [0.5, 0.6) is 0 Å². The van der Waals surface area contributed by atoms with Crippen molar-refractivity contribution in [3.63, 3.8) is 0 Å². The molecule has 0 amide bonds. The van der Waals surface area contributed by atoms with E-state index in [1.807, 2.05) is 25.5 Å². The Balaban J connectivity index is 2.23. The van der Waals surface area contributed by atoms with Gasteiger partial charge in [-0.25, -0.2) is 15.8 Å². The van der Waals surface area contributed by atoms with E-state index in [1.54, 1.807) is 16.4 Å². The second kappa shape index (κ2) is 5.83. The Labute approximate surface area is 110 Å². The van der Waals surface area contributed by atoms with Gasteiger partial charge in [0, 0.05) is 25.7 Å². The second-order valence-electron chi connectivity index (χ2n) is 3.85. The van der Waals surface area contributed by atoms with E-state index in [9.17, 15) is 0 Å². The Hall–Kier alpha value is -1.60. The lowest BCUT2D eigenvalue weighted by molar-refractivity contribution is 0.766. The minimum Gasteiger partial charge on any atom is -0.308 e. The zero-order valence-corrected chi connectivity index (χ0v) is 11.2. The Kier molecular flexibility index (Phi) is 4.16. The van der Waals surface area contributed by atoms with Gasteiger partial charge in [-0.2, -0.15) is 5.10 Å². The third-order valence-electron chi connectivity index (χ3n) is 2.27. The van der Waals surface area contributed by atoms with Gasteiger partial charge in [0.25, 0.3) is 0 Å². The summed E-state index contributed by atoms with van der Waals surface area (Å²) in [7, 11) is 1.89. The first-order valence-electron chi connectivity index (χ1n) is 5.72. The highest BCUT2D eigenvalue weighted by Crippen LogP contribution is 2.26. The first-order chi connectivity index (χ1) is 8.71. The maximum absolute atomic E-state index is 5.42. The summed E-state index contributed by atoms with van der Waals surface area (Å²) in [6.07, 6.45) is 5.60. The van der Waals surface area contributed by atoms with Crippen LogP contribution in [0.15, 0.2) is 28.4 Å². The maximum Gasteiger partial charge on any atom is 0.144 e. The molecule has 6 nitrogen and oxygen atoms in total. The van der Waals surface area contributed by atoms with Crippen LogP contribution in [0.4, 0.5) is 5.82 Å². The molecule has 0 radical (unpaired) electrons. The van der Waals surface area contributed by atoms with Crippen molar-refractivity contribution in [3.8, 4) is 0 Å². The fourth-order valence-corrected chi connectivity index (χ4v) is 2.37. The predicted octanol–water partition coefficient (Wildman–Crippen LogP) is 1.60. The van der Waals surface area contributed by atoms with Gasteiger partial charge in [0.2, 0.25) is 0 Å². The van der Waals surface area contributed by atoms with Crippen LogP contribution in [-0.4, -0.2) is 19.7 Å². The Morgan fingerprint density at radius 1 is 1.44 bits per heavy atom. The van der Waals surface area contributed by atoms with E-state index >= 15 is 0 Å². The molecule has 0 aliphatic carbocycles.